The van der Waals surface area contributed by atoms with Crippen LogP contribution in [0.2, 0.25) is 0 Å². The predicted octanol–water partition coefficient (Wildman–Crippen LogP) is 0.857. The Bertz CT molecular complexity index is 968. The van der Waals surface area contributed by atoms with Crippen molar-refractivity contribution in [2.45, 2.75) is 32.7 Å². The number of nitrogens with zero attached hydrogens (tertiary/aromatic N) is 3. The summed E-state index contributed by atoms with van der Waals surface area (Å²) < 4.78 is 11.0. The van der Waals surface area contributed by atoms with E-state index < -0.39 is 0 Å². The number of fused-ring (bicyclic) bond motifs is 1. The predicted molar refractivity (Wildman–Crippen MR) is 114 cm³/mol. The molecular weight excluding hydrogens is 383 g/mol. The maximum Gasteiger partial charge on any atom is 0.339 e. The zero-order valence-corrected chi connectivity index (χ0v) is 17.5. The molecule has 1 unspecified atom stereocenters. The number of hydrogen-bond acceptors (Lipinski definition) is 5. The number of halogens is 1. The molecule has 0 saturated carbocycles. The van der Waals surface area contributed by atoms with Gasteiger partial charge in [0, 0.05) is 0 Å². The highest BCUT2D eigenvalue weighted by atomic mass is 19.0. The van der Waals surface area contributed by atoms with Gasteiger partial charge in [-0.1, -0.05) is 49.3 Å². The van der Waals surface area contributed by atoms with Gasteiger partial charge >= 0.3 is 5.96 Å². The normalized spacial score (nSPS) is 16.7. The van der Waals surface area contributed by atoms with E-state index in [1.165, 1.54) is 5.56 Å². The smallest absolute Gasteiger partial charge is 0.339 e. The summed E-state index contributed by atoms with van der Waals surface area (Å²) >= 11 is 0. The van der Waals surface area contributed by atoms with Crippen molar-refractivity contribution in [1.29, 1.82) is 0 Å². The molecule has 0 fully saturated rings. The van der Waals surface area contributed by atoms with Crippen molar-refractivity contribution < 1.29 is 19.5 Å². The van der Waals surface area contributed by atoms with E-state index in [2.05, 4.69) is 66.3 Å². The van der Waals surface area contributed by atoms with Gasteiger partial charge in [-0.05, 0) is 53.3 Å². The van der Waals surface area contributed by atoms with Gasteiger partial charge in [-0.3, -0.25) is 5.32 Å². The van der Waals surface area contributed by atoms with E-state index in [9.17, 15) is 0 Å². The first-order valence-corrected chi connectivity index (χ1v) is 10.1. The van der Waals surface area contributed by atoms with Gasteiger partial charge in [-0.25, -0.2) is 4.99 Å². The van der Waals surface area contributed by atoms with Crippen molar-refractivity contribution in [3.63, 3.8) is 0 Å². The minimum atomic E-state index is -0.128. The average molecular weight is 410 g/mol. The number of quaternary nitrogens is 1. The van der Waals surface area contributed by atoms with E-state index in [1.54, 1.807) is 0 Å². The third kappa shape index (κ3) is 4.91. The molecule has 2 N–H and O–H groups in total. The fourth-order valence-electron chi connectivity index (χ4n) is 3.40. The highest BCUT2D eigenvalue weighted by Gasteiger charge is 2.18. The maximum atomic E-state index is 5.57. The van der Waals surface area contributed by atoms with Crippen molar-refractivity contribution >= 4 is 17.6 Å². The van der Waals surface area contributed by atoms with Crippen molar-refractivity contribution in [1.82, 2.24) is 0 Å². The molecule has 0 bridgehead atoms. The zero-order chi connectivity index (χ0) is 20.2. The lowest BCUT2D eigenvalue weighted by molar-refractivity contribution is -0.529. The van der Waals surface area contributed by atoms with Crippen LogP contribution in [0.5, 0.6) is 11.5 Å². The Hall–Kier alpha value is -3.06. The Kier molecular flexibility index (Phi) is 6.95. The minimum Gasteiger partial charge on any atom is -1.00 e. The molecule has 0 amide bonds. The molecule has 0 radical (unpaired) electrons. The number of ether oxygens (including phenoxy) is 2. The van der Waals surface area contributed by atoms with E-state index in [0.717, 1.165) is 47.2 Å². The number of guanidine groups is 1. The van der Waals surface area contributed by atoms with E-state index in [-0.39, 0.29) is 17.5 Å². The van der Waals surface area contributed by atoms with Gasteiger partial charge in [0.25, 0.3) is 0 Å². The summed E-state index contributed by atoms with van der Waals surface area (Å²) in [6, 6.07) is 14.6. The van der Waals surface area contributed by atoms with E-state index in [1.807, 2.05) is 23.5 Å². The Morgan fingerprint density at radius 2 is 1.83 bits per heavy atom. The third-order valence-corrected chi connectivity index (χ3v) is 5.14. The number of benzene rings is 2. The molecule has 1 atom stereocenters. The Labute approximate surface area is 176 Å². The van der Waals surface area contributed by atoms with Crippen molar-refractivity contribution in [2.75, 3.05) is 19.9 Å². The number of aliphatic imine (C=N–C) groups is 1. The standard InChI is InChI=1S/C23H26N4O2.FH/c1-15(2)18-6-4-17(5-7-18)12-20(16(3)26-27-23-24-10-11-25-23)19-8-9-21-22(13-19)29-14-28-21;/h4-9,12-13,15-16H,10-11,14H2,1-3H3,(H,24,25);1H/b20-12+,27-26?;. The molecule has 2 heterocycles. The van der Waals surface area contributed by atoms with Crippen LogP contribution >= 0.6 is 0 Å². The quantitative estimate of drug-likeness (QED) is 0.587. The molecule has 2 aromatic carbocycles. The van der Waals surface area contributed by atoms with Crippen LogP contribution in [0, 0.1) is 0 Å². The Morgan fingerprint density at radius 1 is 1.07 bits per heavy atom. The van der Waals surface area contributed by atoms with Gasteiger partial charge in [0.05, 0.1) is 12.6 Å². The first-order valence-electron chi connectivity index (χ1n) is 10.1. The largest absolute Gasteiger partial charge is 1.00 e. The molecule has 30 heavy (non-hydrogen) atoms. The number of rotatable bonds is 5. The summed E-state index contributed by atoms with van der Waals surface area (Å²) in [4.78, 5) is 4.34. The Balaban J connectivity index is 0.00000256. The summed E-state index contributed by atoms with van der Waals surface area (Å²) in [6.45, 7) is 8.46. The van der Waals surface area contributed by atoms with Crippen LogP contribution in [0.4, 0.5) is 0 Å². The molecule has 0 aliphatic carbocycles. The second kappa shape index (κ2) is 9.63. The Morgan fingerprint density at radius 3 is 2.53 bits per heavy atom. The molecule has 2 aliphatic rings. The van der Waals surface area contributed by atoms with Crippen molar-refractivity contribution in [3.8, 4) is 11.5 Å². The average Bonchev–Trinajstić information content (AvgIpc) is 3.41. The van der Waals surface area contributed by atoms with Gasteiger partial charge in [0.15, 0.2) is 11.5 Å². The fourth-order valence-corrected chi connectivity index (χ4v) is 3.40. The summed E-state index contributed by atoms with van der Waals surface area (Å²) in [5.41, 5.74) is 4.58. The zero-order valence-electron chi connectivity index (χ0n) is 17.5. The lowest BCUT2D eigenvalue weighted by Crippen LogP contribution is -3.00. The van der Waals surface area contributed by atoms with Crippen LogP contribution in [-0.2, 0) is 0 Å². The van der Waals surface area contributed by atoms with Crippen LogP contribution in [0.15, 0.2) is 57.7 Å². The third-order valence-electron chi connectivity index (χ3n) is 5.14. The first kappa shape index (κ1) is 21.6. The highest BCUT2D eigenvalue weighted by Crippen LogP contribution is 2.36. The van der Waals surface area contributed by atoms with Gasteiger partial charge in [0.1, 0.15) is 6.54 Å². The molecule has 6 nitrogen and oxygen atoms in total. The van der Waals surface area contributed by atoms with Crippen LogP contribution in [0.3, 0.4) is 0 Å². The SMILES string of the molecule is CC(N=NC1=NCC[NH2+]1)/C(=C\c1ccc(C(C)C)cc1)c1ccc2c(c1)OCO2.[F-]. The van der Waals surface area contributed by atoms with E-state index in [4.69, 9.17) is 9.47 Å². The second-order valence-electron chi connectivity index (χ2n) is 7.61. The van der Waals surface area contributed by atoms with Crippen LogP contribution < -0.4 is 19.5 Å². The van der Waals surface area contributed by atoms with Crippen LogP contribution in [0.25, 0.3) is 11.6 Å². The van der Waals surface area contributed by atoms with Crippen LogP contribution in [0.1, 0.15) is 43.4 Å². The molecule has 0 saturated heterocycles. The molecule has 2 aliphatic heterocycles. The summed E-state index contributed by atoms with van der Waals surface area (Å²) in [7, 11) is 0. The molecular formula is C23H27FN4O2. The molecule has 158 valence electrons. The number of azo groups is 1. The maximum absolute atomic E-state index is 5.57. The summed E-state index contributed by atoms with van der Waals surface area (Å²) in [6.07, 6.45) is 2.17. The molecule has 2 aromatic rings. The first-order chi connectivity index (χ1) is 14.1. The monoisotopic (exact) mass is 410 g/mol. The molecule has 0 spiro atoms. The van der Waals surface area contributed by atoms with E-state index in [0.29, 0.717) is 5.92 Å². The van der Waals surface area contributed by atoms with Gasteiger partial charge < -0.3 is 14.2 Å². The number of nitrogens with two attached hydrogens (primary N) is 1. The summed E-state index contributed by atoms with van der Waals surface area (Å²) in [5, 5.41) is 10.9. The lowest BCUT2D eigenvalue weighted by Gasteiger charge is -2.13. The van der Waals surface area contributed by atoms with Gasteiger partial charge in [0.2, 0.25) is 6.79 Å². The summed E-state index contributed by atoms with van der Waals surface area (Å²) in [5.74, 6) is 2.78. The molecule has 0 aromatic heterocycles. The van der Waals surface area contributed by atoms with Crippen LogP contribution in [-0.4, -0.2) is 31.9 Å². The van der Waals surface area contributed by atoms with Gasteiger partial charge in [-0.2, -0.15) is 5.11 Å². The van der Waals surface area contributed by atoms with Gasteiger partial charge in [-0.15, -0.1) is 0 Å². The second-order valence-corrected chi connectivity index (χ2v) is 7.61. The van der Waals surface area contributed by atoms with E-state index >= 15 is 0 Å². The molecule has 4 rings (SSSR count). The van der Waals surface area contributed by atoms with Crippen molar-refractivity contribution in [3.05, 3.63) is 59.2 Å². The van der Waals surface area contributed by atoms with Crippen molar-refractivity contribution in [2.24, 2.45) is 15.2 Å². The highest BCUT2D eigenvalue weighted by molar-refractivity contribution is 5.85. The topological polar surface area (TPSA) is 72.2 Å². The fraction of sp³-hybridized carbons (Fsp3) is 0.348. The number of hydrogen-bond donors (Lipinski definition) is 1. The lowest BCUT2D eigenvalue weighted by atomic mass is 9.95. The minimum absolute atomic E-state index is 0. The molecule has 7 heteroatoms.